The maximum atomic E-state index is 13.3. The minimum atomic E-state index is -1.08. The van der Waals surface area contributed by atoms with Crippen LogP contribution in [0.5, 0.6) is 0 Å². The average molecular weight is 527 g/mol. The number of amides is 3. The topological polar surface area (TPSA) is 154 Å². The van der Waals surface area contributed by atoms with Gasteiger partial charge >= 0.3 is 12.1 Å². The molecule has 2 heterocycles. The number of rotatable bonds is 10. The number of piperazine rings is 1. The zero-order chi connectivity index (χ0) is 27.7. The van der Waals surface area contributed by atoms with Crippen molar-refractivity contribution in [2.75, 3.05) is 38.1 Å². The lowest BCUT2D eigenvalue weighted by Crippen LogP contribution is -2.56. The predicted octanol–water partition coefficient (Wildman–Crippen LogP) is 2.23. The molecule has 1 aliphatic heterocycles. The van der Waals surface area contributed by atoms with Gasteiger partial charge in [-0.1, -0.05) is 30.3 Å². The Balaban J connectivity index is 1.79. The summed E-state index contributed by atoms with van der Waals surface area (Å²) in [5.41, 5.74) is 0.759. The molecule has 3 amide bonds. The van der Waals surface area contributed by atoms with Crippen LogP contribution in [0.3, 0.4) is 0 Å². The van der Waals surface area contributed by atoms with Crippen LogP contribution in [0.1, 0.15) is 44.1 Å². The van der Waals surface area contributed by atoms with Gasteiger partial charge in [0.25, 0.3) is 5.91 Å². The van der Waals surface area contributed by atoms with Gasteiger partial charge in [0.1, 0.15) is 17.6 Å². The third-order valence-corrected chi connectivity index (χ3v) is 5.79. The van der Waals surface area contributed by atoms with Gasteiger partial charge in [-0.05, 0) is 27.2 Å². The Kier molecular flexibility index (Phi) is 9.97. The lowest BCUT2D eigenvalue weighted by atomic mass is 10.1. The van der Waals surface area contributed by atoms with Gasteiger partial charge in [0.2, 0.25) is 5.91 Å². The summed E-state index contributed by atoms with van der Waals surface area (Å²) in [6.45, 7) is 6.89. The summed E-state index contributed by atoms with van der Waals surface area (Å²) >= 11 is 0. The standard InChI is InChI=1S/C26H34N6O6/c1-4-38-26(37)32-14-12-31(13-15-32)25(36)19(10-11-22(33)34)29-24(35)20-16-21(27-17(2)3)30-23(28-20)18-8-6-5-7-9-18/h5-9,16-17,19H,4,10-15H2,1-3H3,(H,29,35)(H,33,34)(H,27,28,30). The summed E-state index contributed by atoms with van der Waals surface area (Å²) < 4.78 is 5.01. The molecule has 1 fully saturated rings. The maximum Gasteiger partial charge on any atom is 0.409 e. The molecule has 0 aliphatic carbocycles. The highest BCUT2D eigenvalue weighted by Crippen LogP contribution is 2.19. The van der Waals surface area contributed by atoms with Crippen LogP contribution >= 0.6 is 0 Å². The van der Waals surface area contributed by atoms with Crippen molar-refractivity contribution in [3.63, 3.8) is 0 Å². The van der Waals surface area contributed by atoms with Crippen LogP contribution in [0, 0.1) is 0 Å². The van der Waals surface area contributed by atoms with Crippen molar-refractivity contribution in [3.8, 4) is 11.4 Å². The zero-order valence-electron chi connectivity index (χ0n) is 21.8. The van der Waals surface area contributed by atoms with Crippen LogP contribution in [-0.4, -0.2) is 93.6 Å². The summed E-state index contributed by atoms with van der Waals surface area (Å²) in [5, 5.41) is 15.1. The number of ether oxygens (including phenoxy) is 1. The van der Waals surface area contributed by atoms with E-state index in [4.69, 9.17) is 4.74 Å². The highest BCUT2D eigenvalue weighted by atomic mass is 16.6. The molecule has 0 bridgehead atoms. The molecular formula is C26H34N6O6. The van der Waals surface area contributed by atoms with Crippen molar-refractivity contribution >= 4 is 29.7 Å². The van der Waals surface area contributed by atoms with Crippen LogP contribution in [0.4, 0.5) is 10.6 Å². The highest BCUT2D eigenvalue weighted by Gasteiger charge is 2.31. The van der Waals surface area contributed by atoms with Gasteiger partial charge in [0, 0.05) is 50.3 Å². The molecule has 1 saturated heterocycles. The minimum Gasteiger partial charge on any atom is -0.481 e. The number of hydrogen-bond acceptors (Lipinski definition) is 8. The second kappa shape index (κ2) is 13.4. The summed E-state index contributed by atoms with van der Waals surface area (Å²) in [5.74, 6) is -1.33. The highest BCUT2D eigenvalue weighted by molar-refractivity contribution is 5.97. The van der Waals surface area contributed by atoms with Gasteiger partial charge in [-0.25, -0.2) is 14.8 Å². The number of aliphatic carboxylic acids is 1. The van der Waals surface area contributed by atoms with E-state index in [1.54, 1.807) is 6.92 Å². The van der Waals surface area contributed by atoms with Crippen molar-refractivity contribution in [2.45, 2.75) is 45.7 Å². The summed E-state index contributed by atoms with van der Waals surface area (Å²) in [6, 6.07) is 9.65. The van der Waals surface area contributed by atoms with Crippen LogP contribution in [0.15, 0.2) is 36.4 Å². The van der Waals surface area contributed by atoms with Crippen LogP contribution < -0.4 is 10.6 Å². The van der Waals surface area contributed by atoms with E-state index in [9.17, 15) is 24.3 Å². The van der Waals surface area contributed by atoms with E-state index in [1.807, 2.05) is 44.2 Å². The quantitative estimate of drug-likeness (QED) is 0.423. The van der Waals surface area contributed by atoms with E-state index >= 15 is 0 Å². The summed E-state index contributed by atoms with van der Waals surface area (Å²) in [7, 11) is 0. The molecule has 12 nitrogen and oxygen atoms in total. The molecule has 1 unspecified atom stereocenters. The molecule has 1 aliphatic rings. The van der Waals surface area contributed by atoms with Gasteiger partial charge in [-0.2, -0.15) is 0 Å². The van der Waals surface area contributed by atoms with Crippen molar-refractivity contribution in [1.29, 1.82) is 0 Å². The minimum absolute atomic E-state index is 0.0438. The Morgan fingerprint density at radius 2 is 1.68 bits per heavy atom. The number of carbonyl (C=O) groups is 4. The van der Waals surface area contributed by atoms with E-state index in [1.165, 1.54) is 15.9 Å². The molecule has 1 aromatic heterocycles. The largest absolute Gasteiger partial charge is 0.481 e. The third kappa shape index (κ3) is 7.89. The number of nitrogens with zero attached hydrogens (tertiary/aromatic N) is 4. The molecule has 204 valence electrons. The van der Waals surface area contributed by atoms with Gasteiger partial charge in [0.05, 0.1) is 6.61 Å². The number of carboxylic acid groups (broad SMARTS) is 1. The van der Waals surface area contributed by atoms with E-state index in [-0.39, 0.29) is 57.4 Å². The first-order valence-electron chi connectivity index (χ1n) is 12.6. The van der Waals surface area contributed by atoms with Crippen LogP contribution in [0.2, 0.25) is 0 Å². The summed E-state index contributed by atoms with van der Waals surface area (Å²) in [6.07, 6.45) is -0.844. The van der Waals surface area contributed by atoms with Crippen molar-refractivity contribution in [3.05, 3.63) is 42.1 Å². The Bertz CT molecular complexity index is 1130. The Labute approximate surface area is 221 Å². The Hall–Kier alpha value is -4.22. The Morgan fingerprint density at radius 3 is 2.29 bits per heavy atom. The molecule has 0 spiro atoms. The van der Waals surface area contributed by atoms with Crippen molar-refractivity contribution < 1.29 is 29.0 Å². The zero-order valence-corrected chi connectivity index (χ0v) is 21.8. The Morgan fingerprint density at radius 1 is 1.03 bits per heavy atom. The molecule has 0 saturated carbocycles. The molecule has 38 heavy (non-hydrogen) atoms. The predicted molar refractivity (Wildman–Crippen MR) is 140 cm³/mol. The number of benzene rings is 1. The molecule has 2 aromatic rings. The monoisotopic (exact) mass is 526 g/mol. The smallest absolute Gasteiger partial charge is 0.409 e. The van der Waals surface area contributed by atoms with E-state index in [0.29, 0.717) is 17.2 Å². The van der Waals surface area contributed by atoms with Crippen molar-refractivity contribution in [2.24, 2.45) is 0 Å². The fourth-order valence-electron chi connectivity index (χ4n) is 3.95. The SMILES string of the molecule is CCOC(=O)N1CCN(C(=O)C(CCC(=O)O)NC(=O)c2cc(NC(C)C)nc(-c3ccccc3)n2)CC1. The molecule has 1 aromatic carbocycles. The molecule has 1 atom stereocenters. The van der Waals surface area contributed by atoms with Crippen molar-refractivity contribution in [1.82, 2.24) is 25.1 Å². The molecule has 3 N–H and O–H groups in total. The lowest BCUT2D eigenvalue weighted by Gasteiger charge is -2.35. The van der Waals surface area contributed by atoms with Gasteiger partial charge in [-0.3, -0.25) is 14.4 Å². The number of hydrogen-bond donors (Lipinski definition) is 3. The van der Waals surface area contributed by atoms with Crippen LogP contribution in [-0.2, 0) is 14.3 Å². The first-order valence-corrected chi connectivity index (χ1v) is 12.6. The fraction of sp³-hybridized carbons (Fsp3) is 0.462. The number of nitrogens with one attached hydrogen (secondary N) is 2. The van der Waals surface area contributed by atoms with E-state index in [0.717, 1.165) is 0 Å². The average Bonchev–Trinajstić information content (AvgIpc) is 2.90. The molecule has 12 heteroatoms. The fourth-order valence-corrected chi connectivity index (χ4v) is 3.95. The second-order valence-corrected chi connectivity index (χ2v) is 9.10. The molecular weight excluding hydrogens is 492 g/mol. The normalized spacial score (nSPS) is 14.1. The van der Waals surface area contributed by atoms with E-state index in [2.05, 4.69) is 20.6 Å². The maximum absolute atomic E-state index is 13.3. The van der Waals surface area contributed by atoms with E-state index < -0.39 is 29.9 Å². The van der Waals surface area contributed by atoms with Gasteiger partial charge in [-0.15, -0.1) is 0 Å². The van der Waals surface area contributed by atoms with Gasteiger partial charge < -0.3 is 30.3 Å². The number of anilines is 1. The third-order valence-electron chi connectivity index (χ3n) is 5.79. The first kappa shape index (κ1) is 28.4. The lowest BCUT2D eigenvalue weighted by molar-refractivity contribution is -0.138. The van der Waals surface area contributed by atoms with Gasteiger partial charge in [0.15, 0.2) is 5.82 Å². The molecule has 0 radical (unpaired) electrons. The number of carboxylic acids is 1. The van der Waals surface area contributed by atoms with Crippen LogP contribution in [0.25, 0.3) is 11.4 Å². The number of aromatic nitrogens is 2. The second-order valence-electron chi connectivity index (χ2n) is 9.10. The molecule has 3 rings (SSSR count). The first-order chi connectivity index (χ1) is 18.2. The summed E-state index contributed by atoms with van der Waals surface area (Å²) in [4.78, 5) is 61.8. The number of carbonyl (C=O) groups excluding carboxylic acids is 3.